The second kappa shape index (κ2) is 8.24. The zero-order valence-electron chi connectivity index (χ0n) is 19.3. The van der Waals surface area contributed by atoms with E-state index in [-0.39, 0.29) is 10.1 Å². The molecular formula is C19H40O6Si2. The van der Waals surface area contributed by atoms with Crippen molar-refractivity contribution in [3.8, 4) is 0 Å². The van der Waals surface area contributed by atoms with Crippen LogP contribution < -0.4 is 0 Å². The lowest BCUT2D eigenvalue weighted by molar-refractivity contribution is -0.189. The van der Waals surface area contributed by atoms with Crippen molar-refractivity contribution in [1.29, 1.82) is 0 Å². The van der Waals surface area contributed by atoms with Crippen LogP contribution in [0.3, 0.4) is 0 Å². The van der Waals surface area contributed by atoms with E-state index in [0.717, 1.165) is 0 Å². The van der Waals surface area contributed by atoms with Crippen molar-refractivity contribution in [3.63, 3.8) is 0 Å². The summed E-state index contributed by atoms with van der Waals surface area (Å²) in [5.74, 6) is -0.396. The number of hydrogen-bond acceptors (Lipinski definition) is 6. The summed E-state index contributed by atoms with van der Waals surface area (Å²) in [6.45, 7) is 21.5. The molecule has 0 aromatic rings. The number of methoxy groups -OCH3 is 2. The molecule has 27 heavy (non-hydrogen) atoms. The summed E-state index contributed by atoms with van der Waals surface area (Å²) in [5.41, 5.74) is 0. The number of cyclic esters (lactones) is 1. The zero-order valence-corrected chi connectivity index (χ0v) is 21.3. The molecule has 0 radical (unpaired) electrons. The minimum absolute atomic E-state index is 0.0135. The molecule has 1 saturated heterocycles. The minimum Gasteiger partial charge on any atom is -0.452 e. The maximum atomic E-state index is 12.8. The van der Waals surface area contributed by atoms with Crippen LogP contribution in [0.5, 0.6) is 0 Å². The van der Waals surface area contributed by atoms with Crippen LogP contribution in [0.4, 0.5) is 0 Å². The summed E-state index contributed by atoms with van der Waals surface area (Å²) < 4.78 is 29.6. The van der Waals surface area contributed by atoms with Crippen LogP contribution in [0.25, 0.3) is 0 Å². The van der Waals surface area contributed by atoms with Crippen molar-refractivity contribution in [1.82, 2.24) is 0 Å². The van der Waals surface area contributed by atoms with E-state index in [1.807, 2.05) is 0 Å². The zero-order chi connectivity index (χ0) is 21.4. The largest absolute Gasteiger partial charge is 0.452 e. The minimum atomic E-state index is -2.21. The third kappa shape index (κ3) is 5.42. The second-order valence-corrected chi connectivity index (χ2v) is 19.9. The van der Waals surface area contributed by atoms with Crippen LogP contribution in [0, 0.1) is 0 Å². The fraction of sp³-hybridized carbons (Fsp3) is 0.947. The van der Waals surface area contributed by atoms with Crippen LogP contribution in [-0.4, -0.2) is 61.4 Å². The van der Waals surface area contributed by atoms with Crippen molar-refractivity contribution in [2.75, 3.05) is 14.2 Å². The average Bonchev–Trinajstić information content (AvgIpc) is 2.74. The Morgan fingerprint density at radius 3 is 1.63 bits per heavy atom. The lowest BCUT2D eigenvalue weighted by Gasteiger charge is -2.43. The molecule has 0 aromatic carbocycles. The van der Waals surface area contributed by atoms with Gasteiger partial charge in [-0.25, -0.2) is 4.79 Å². The first-order chi connectivity index (χ1) is 12.0. The highest BCUT2D eigenvalue weighted by atomic mass is 28.4. The van der Waals surface area contributed by atoms with E-state index < -0.39 is 47.2 Å². The normalized spacial score (nSPS) is 25.2. The Kier molecular flexibility index (Phi) is 7.56. The van der Waals surface area contributed by atoms with Crippen LogP contribution in [0.1, 0.15) is 41.5 Å². The highest BCUT2D eigenvalue weighted by molar-refractivity contribution is 6.74. The van der Waals surface area contributed by atoms with Gasteiger partial charge in [-0.2, -0.15) is 0 Å². The van der Waals surface area contributed by atoms with Gasteiger partial charge in [-0.1, -0.05) is 41.5 Å². The lowest BCUT2D eigenvalue weighted by Crippen LogP contribution is -2.55. The first-order valence-electron chi connectivity index (χ1n) is 9.60. The van der Waals surface area contributed by atoms with Gasteiger partial charge in [-0.3, -0.25) is 0 Å². The summed E-state index contributed by atoms with van der Waals surface area (Å²) in [4.78, 5) is 12.8. The number of carbonyl (C=O) groups is 1. The fourth-order valence-corrected chi connectivity index (χ4v) is 4.92. The van der Waals surface area contributed by atoms with Gasteiger partial charge in [0.2, 0.25) is 0 Å². The molecule has 8 heteroatoms. The highest BCUT2D eigenvalue weighted by Gasteiger charge is 2.56. The topological polar surface area (TPSA) is 63.2 Å². The summed E-state index contributed by atoms with van der Waals surface area (Å²) >= 11 is 0. The molecule has 0 saturated carbocycles. The van der Waals surface area contributed by atoms with E-state index >= 15 is 0 Å². The molecule has 0 amide bonds. The number of rotatable bonds is 7. The van der Waals surface area contributed by atoms with Crippen molar-refractivity contribution in [2.45, 2.75) is 102 Å². The molecule has 0 aliphatic carbocycles. The predicted molar refractivity (Wildman–Crippen MR) is 112 cm³/mol. The molecule has 0 unspecified atom stereocenters. The molecule has 160 valence electrons. The molecule has 6 nitrogen and oxygen atoms in total. The maximum absolute atomic E-state index is 12.8. The maximum Gasteiger partial charge on any atom is 0.337 e. The predicted octanol–water partition coefficient (Wildman–Crippen LogP) is 4.31. The summed E-state index contributed by atoms with van der Waals surface area (Å²) in [7, 11) is -1.32. The number of esters is 1. The van der Waals surface area contributed by atoms with Crippen LogP contribution in [0.15, 0.2) is 0 Å². The Labute approximate surface area is 167 Å². The SMILES string of the molecule is COC(OC)[C@H]1OC(=O)[C@H](O[Si](C)(C)C(C)(C)C)[C@H]1O[Si](C)(C)C(C)(C)C. The summed E-state index contributed by atoms with van der Waals surface area (Å²) in [6.07, 6.45) is -2.68. The van der Waals surface area contributed by atoms with E-state index in [1.54, 1.807) is 0 Å². The monoisotopic (exact) mass is 420 g/mol. The van der Waals surface area contributed by atoms with Gasteiger partial charge in [0.1, 0.15) is 6.10 Å². The van der Waals surface area contributed by atoms with Gasteiger partial charge in [0.05, 0.1) is 0 Å². The van der Waals surface area contributed by atoms with Gasteiger partial charge in [0.25, 0.3) is 0 Å². The molecule has 1 aliphatic heterocycles. The molecular weight excluding hydrogens is 380 g/mol. The molecule has 3 atom stereocenters. The van der Waals surface area contributed by atoms with Crippen LogP contribution in [-0.2, 0) is 27.9 Å². The van der Waals surface area contributed by atoms with Gasteiger partial charge in [0, 0.05) is 14.2 Å². The van der Waals surface area contributed by atoms with Crippen molar-refractivity contribution < 1.29 is 27.9 Å². The first-order valence-corrected chi connectivity index (χ1v) is 15.4. The van der Waals surface area contributed by atoms with Crippen molar-refractivity contribution in [2.24, 2.45) is 0 Å². The van der Waals surface area contributed by atoms with E-state index in [9.17, 15) is 4.79 Å². The molecule has 0 aromatic heterocycles. The van der Waals surface area contributed by atoms with Crippen LogP contribution >= 0.6 is 0 Å². The fourth-order valence-electron chi connectivity index (χ4n) is 2.40. The van der Waals surface area contributed by atoms with Gasteiger partial charge >= 0.3 is 5.97 Å². The Balaban J connectivity index is 3.28. The molecule has 0 N–H and O–H groups in total. The molecule has 1 aliphatic rings. The number of carbonyl (C=O) groups excluding carboxylic acids is 1. The third-order valence-electron chi connectivity index (χ3n) is 6.30. The summed E-state index contributed by atoms with van der Waals surface area (Å²) in [6, 6.07) is 0. The van der Waals surface area contributed by atoms with Gasteiger partial charge in [-0.05, 0) is 36.3 Å². The lowest BCUT2D eigenvalue weighted by atomic mass is 10.1. The third-order valence-corrected chi connectivity index (χ3v) is 15.2. The average molecular weight is 421 g/mol. The second-order valence-electron chi connectivity index (χ2n) is 10.4. The first kappa shape index (κ1) is 24.8. The standard InChI is InChI=1S/C19H40O6Si2/c1-18(2,3)26(9,10)24-13-14(25-27(11,12)19(4,5)6)16(20)23-15(13)17(21-7)22-8/h13-15,17H,1-12H3/t13-,14-,15+/m1/s1. The molecule has 1 heterocycles. The Bertz CT molecular complexity index is 517. The van der Waals surface area contributed by atoms with E-state index in [2.05, 4.69) is 67.7 Å². The molecule has 1 rings (SSSR count). The van der Waals surface area contributed by atoms with Gasteiger partial charge < -0.3 is 23.1 Å². The quantitative estimate of drug-likeness (QED) is 0.347. The Morgan fingerprint density at radius 2 is 1.26 bits per heavy atom. The van der Waals surface area contributed by atoms with E-state index in [4.69, 9.17) is 23.1 Å². The number of hydrogen-bond donors (Lipinski definition) is 0. The van der Waals surface area contributed by atoms with E-state index in [1.165, 1.54) is 14.2 Å². The Hall–Kier alpha value is -0.256. The molecule has 0 spiro atoms. The van der Waals surface area contributed by atoms with Crippen molar-refractivity contribution in [3.05, 3.63) is 0 Å². The van der Waals surface area contributed by atoms with Crippen LogP contribution in [0.2, 0.25) is 36.3 Å². The van der Waals surface area contributed by atoms with Crippen molar-refractivity contribution >= 4 is 22.6 Å². The molecule has 1 fully saturated rings. The smallest absolute Gasteiger partial charge is 0.337 e. The summed E-state index contributed by atoms with van der Waals surface area (Å²) in [5, 5.41) is -0.0465. The van der Waals surface area contributed by atoms with Gasteiger partial charge in [-0.15, -0.1) is 0 Å². The molecule has 0 bridgehead atoms. The Morgan fingerprint density at radius 1 is 0.852 bits per heavy atom. The number of ether oxygens (including phenoxy) is 3. The van der Waals surface area contributed by atoms with Gasteiger partial charge in [0.15, 0.2) is 35.1 Å². The highest BCUT2D eigenvalue weighted by Crippen LogP contribution is 2.43. The van der Waals surface area contributed by atoms with E-state index in [0.29, 0.717) is 0 Å².